The van der Waals surface area contributed by atoms with Crippen molar-refractivity contribution in [3.8, 4) is 23.0 Å². The van der Waals surface area contributed by atoms with Crippen LogP contribution in [-0.4, -0.2) is 40.1 Å². The van der Waals surface area contributed by atoms with Gasteiger partial charge in [-0.15, -0.1) is 0 Å². The van der Waals surface area contributed by atoms with Crippen LogP contribution >= 0.6 is 0 Å². The second-order valence-electron chi connectivity index (χ2n) is 6.14. The molecule has 3 rings (SSSR count). The first kappa shape index (κ1) is 20.5. The third-order valence-electron chi connectivity index (χ3n) is 4.31. The summed E-state index contributed by atoms with van der Waals surface area (Å²) in [6.07, 6.45) is 0.786. The Morgan fingerprint density at radius 1 is 1.14 bits per heavy atom. The Kier molecular flexibility index (Phi) is 6.94. The van der Waals surface area contributed by atoms with Gasteiger partial charge in [-0.3, -0.25) is 4.99 Å². The first-order valence-electron chi connectivity index (χ1n) is 9.04. The summed E-state index contributed by atoms with van der Waals surface area (Å²) in [4.78, 5) is 4.15. The van der Waals surface area contributed by atoms with Crippen LogP contribution in [0.15, 0.2) is 41.4 Å². The zero-order valence-electron chi connectivity index (χ0n) is 16.2. The fourth-order valence-corrected chi connectivity index (χ4v) is 2.83. The van der Waals surface area contributed by atoms with Crippen LogP contribution in [0.2, 0.25) is 0 Å². The van der Waals surface area contributed by atoms with Crippen LogP contribution < -0.4 is 29.6 Å². The molecular formula is C20H23F2N3O4. The van der Waals surface area contributed by atoms with E-state index in [9.17, 15) is 8.78 Å². The van der Waals surface area contributed by atoms with Crippen molar-refractivity contribution < 1.29 is 27.7 Å². The largest absolute Gasteiger partial charge is 0.497 e. The number of ether oxygens (including phenoxy) is 4. The number of aliphatic imine (C=N–C) groups is 1. The molecule has 0 aliphatic carbocycles. The van der Waals surface area contributed by atoms with Crippen LogP contribution in [0.5, 0.6) is 23.0 Å². The highest BCUT2D eigenvalue weighted by atomic mass is 19.3. The molecule has 2 N–H and O–H groups in total. The second kappa shape index (κ2) is 9.81. The van der Waals surface area contributed by atoms with Crippen LogP contribution in [0.3, 0.4) is 0 Å². The standard InChI is InChI=1S/C20H23F2N3O4/c1-23-20(24-8-7-13-3-5-15(26-2)6-4-13)25-11-14-9-17-18(28-12-27-17)10-16(14)29-19(21)22/h3-6,9-10,19H,7-8,11-12H2,1-2H3,(H2,23,24,25). The van der Waals surface area contributed by atoms with E-state index in [-0.39, 0.29) is 19.1 Å². The lowest BCUT2D eigenvalue weighted by Gasteiger charge is -2.15. The number of methoxy groups -OCH3 is 1. The van der Waals surface area contributed by atoms with E-state index in [0.29, 0.717) is 29.6 Å². The van der Waals surface area contributed by atoms with E-state index in [1.807, 2.05) is 24.3 Å². The predicted molar refractivity (Wildman–Crippen MR) is 104 cm³/mol. The zero-order valence-corrected chi connectivity index (χ0v) is 16.2. The van der Waals surface area contributed by atoms with Gasteiger partial charge in [-0.05, 0) is 30.2 Å². The zero-order chi connectivity index (χ0) is 20.6. The van der Waals surface area contributed by atoms with Crippen LogP contribution in [-0.2, 0) is 13.0 Å². The monoisotopic (exact) mass is 407 g/mol. The Balaban J connectivity index is 1.56. The molecule has 29 heavy (non-hydrogen) atoms. The van der Waals surface area contributed by atoms with E-state index in [4.69, 9.17) is 14.2 Å². The molecule has 0 saturated heterocycles. The fourth-order valence-electron chi connectivity index (χ4n) is 2.83. The van der Waals surface area contributed by atoms with E-state index < -0.39 is 6.61 Å². The lowest BCUT2D eigenvalue weighted by atomic mass is 10.1. The molecule has 2 aromatic carbocycles. The maximum Gasteiger partial charge on any atom is 0.387 e. The van der Waals surface area contributed by atoms with E-state index in [1.165, 1.54) is 6.07 Å². The lowest BCUT2D eigenvalue weighted by Crippen LogP contribution is -2.38. The van der Waals surface area contributed by atoms with E-state index in [0.717, 1.165) is 17.7 Å². The van der Waals surface area contributed by atoms with Gasteiger partial charge in [0, 0.05) is 31.8 Å². The number of guanidine groups is 1. The number of alkyl halides is 2. The maximum absolute atomic E-state index is 12.7. The van der Waals surface area contributed by atoms with Gasteiger partial charge in [0.1, 0.15) is 11.5 Å². The average Bonchev–Trinajstić information content (AvgIpc) is 3.17. The van der Waals surface area contributed by atoms with Gasteiger partial charge in [-0.1, -0.05) is 12.1 Å². The number of halogens is 2. The molecule has 2 aromatic rings. The van der Waals surface area contributed by atoms with Gasteiger partial charge in [0.2, 0.25) is 6.79 Å². The molecule has 0 amide bonds. The van der Waals surface area contributed by atoms with Crippen LogP contribution in [0, 0.1) is 0 Å². The normalized spacial score (nSPS) is 12.8. The van der Waals surface area contributed by atoms with Crippen molar-refractivity contribution >= 4 is 5.96 Å². The highest BCUT2D eigenvalue weighted by Gasteiger charge is 2.20. The SMILES string of the molecule is CN=C(NCCc1ccc(OC)cc1)NCc1cc2c(cc1OC(F)F)OCO2. The molecular weight excluding hydrogens is 384 g/mol. The lowest BCUT2D eigenvalue weighted by molar-refractivity contribution is -0.0505. The van der Waals surface area contributed by atoms with Gasteiger partial charge in [0.05, 0.1) is 7.11 Å². The van der Waals surface area contributed by atoms with Crippen molar-refractivity contribution in [2.24, 2.45) is 4.99 Å². The Hall–Kier alpha value is -3.23. The van der Waals surface area contributed by atoms with Gasteiger partial charge in [0.15, 0.2) is 17.5 Å². The summed E-state index contributed by atoms with van der Waals surface area (Å²) in [7, 11) is 3.27. The van der Waals surface area contributed by atoms with Crippen molar-refractivity contribution in [2.45, 2.75) is 19.6 Å². The molecule has 0 saturated carbocycles. The number of hydrogen-bond acceptors (Lipinski definition) is 5. The van der Waals surface area contributed by atoms with E-state index >= 15 is 0 Å². The molecule has 0 unspecified atom stereocenters. The van der Waals surface area contributed by atoms with Crippen LogP contribution in [0.1, 0.15) is 11.1 Å². The summed E-state index contributed by atoms with van der Waals surface area (Å²) in [5, 5.41) is 6.28. The van der Waals surface area contributed by atoms with Crippen LogP contribution in [0.4, 0.5) is 8.78 Å². The Morgan fingerprint density at radius 2 is 1.86 bits per heavy atom. The number of hydrogen-bond donors (Lipinski definition) is 2. The molecule has 0 radical (unpaired) electrons. The molecule has 7 nitrogen and oxygen atoms in total. The molecule has 156 valence electrons. The van der Waals surface area contributed by atoms with Crippen molar-refractivity contribution in [3.63, 3.8) is 0 Å². The van der Waals surface area contributed by atoms with Gasteiger partial charge >= 0.3 is 6.61 Å². The molecule has 0 fully saturated rings. The second-order valence-corrected chi connectivity index (χ2v) is 6.14. The molecule has 0 aromatic heterocycles. The van der Waals surface area contributed by atoms with E-state index in [2.05, 4.69) is 20.4 Å². The summed E-state index contributed by atoms with van der Waals surface area (Å²) < 4.78 is 45.8. The fraction of sp³-hybridized carbons (Fsp3) is 0.350. The summed E-state index contributed by atoms with van der Waals surface area (Å²) in [6.45, 7) is -2.01. The quantitative estimate of drug-likeness (QED) is 0.518. The third-order valence-corrected chi connectivity index (χ3v) is 4.31. The molecule has 9 heteroatoms. The number of fused-ring (bicyclic) bond motifs is 1. The summed E-state index contributed by atoms with van der Waals surface area (Å²) in [6, 6.07) is 10.8. The highest BCUT2D eigenvalue weighted by Crippen LogP contribution is 2.38. The molecule has 0 bridgehead atoms. The summed E-state index contributed by atoms with van der Waals surface area (Å²) in [5.74, 6) is 2.26. The first-order chi connectivity index (χ1) is 14.1. The number of nitrogens with zero attached hydrogens (tertiary/aromatic N) is 1. The average molecular weight is 407 g/mol. The minimum absolute atomic E-state index is 0.0328. The van der Waals surface area contributed by atoms with Crippen molar-refractivity contribution in [3.05, 3.63) is 47.5 Å². The Bertz CT molecular complexity index is 844. The van der Waals surface area contributed by atoms with Gasteiger partial charge in [0.25, 0.3) is 0 Å². The maximum atomic E-state index is 12.7. The van der Waals surface area contributed by atoms with Gasteiger partial charge in [-0.25, -0.2) is 0 Å². The van der Waals surface area contributed by atoms with Gasteiger partial charge < -0.3 is 29.6 Å². The highest BCUT2D eigenvalue weighted by molar-refractivity contribution is 5.79. The summed E-state index contributed by atoms with van der Waals surface area (Å²) in [5.41, 5.74) is 1.66. The van der Waals surface area contributed by atoms with Gasteiger partial charge in [-0.2, -0.15) is 8.78 Å². The minimum atomic E-state index is -2.93. The number of rotatable bonds is 8. The number of benzene rings is 2. The number of nitrogens with one attached hydrogen (secondary N) is 2. The molecule has 1 aliphatic rings. The molecule has 0 atom stereocenters. The topological polar surface area (TPSA) is 73.3 Å². The minimum Gasteiger partial charge on any atom is -0.497 e. The van der Waals surface area contributed by atoms with Crippen molar-refractivity contribution in [1.29, 1.82) is 0 Å². The Labute approximate surface area is 167 Å². The summed E-state index contributed by atoms with van der Waals surface area (Å²) >= 11 is 0. The molecule has 1 heterocycles. The smallest absolute Gasteiger partial charge is 0.387 e. The van der Waals surface area contributed by atoms with Crippen molar-refractivity contribution in [2.75, 3.05) is 27.5 Å². The molecule has 1 aliphatic heterocycles. The molecule has 0 spiro atoms. The third kappa shape index (κ3) is 5.63. The van der Waals surface area contributed by atoms with Crippen molar-refractivity contribution in [1.82, 2.24) is 10.6 Å². The van der Waals surface area contributed by atoms with E-state index in [1.54, 1.807) is 20.2 Å². The first-order valence-corrected chi connectivity index (χ1v) is 9.04. The predicted octanol–water partition coefficient (Wildman–Crippen LogP) is 2.93. The van der Waals surface area contributed by atoms with Crippen LogP contribution in [0.25, 0.3) is 0 Å². The Morgan fingerprint density at radius 3 is 2.52 bits per heavy atom.